The van der Waals surface area contributed by atoms with Crippen LogP contribution in [0.15, 0.2) is 30.3 Å². The number of amides is 2. The minimum absolute atomic E-state index is 0.208. The SMILES string of the molecule is CCOC(=O)c1c(NC(=O)Cc2ccccc2)sc2c1CCN(C(=O)OC)C2. The average molecular weight is 402 g/mol. The van der Waals surface area contributed by atoms with Crippen LogP contribution >= 0.6 is 11.3 Å². The molecule has 0 aliphatic carbocycles. The van der Waals surface area contributed by atoms with E-state index >= 15 is 0 Å². The number of nitrogens with one attached hydrogen (secondary N) is 1. The van der Waals surface area contributed by atoms with Gasteiger partial charge in [-0.15, -0.1) is 11.3 Å². The first-order chi connectivity index (χ1) is 13.5. The maximum atomic E-state index is 12.5. The Morgan fingerprint density at radius 1 is 1.21 bits per heavy atom. The first-order valence-corrected chi connectivity index (χ1v) is 9.83. The fourth-order valence-corrected chi connectivity index (χ4v) is 4.42. The number of anilines is 1. The lowest BCUT2D eigenvalue weighted by molar-refractivity contribution is -0.115. The van der Waals surface area contributed by atoms with Crippen LogP contribution < -0.4 is 5.32 Å². The second kappa shape index (κ2) is 8.88. The highest BCUT2D eigenvalue weighted by Crippen LogP contribution is 2.38. The van der Waals surface area contributed by atoms with Gasteiger partial charge < -0.3 is 19.7 Å². The minimum Gasteiger partial charge on any atom is -0.462 e. The van der Waals surface area contributed by atoms with Crippen molar-refractivity contribution in [2.75, 3.05) is 25.6 Å². The summed E-state index contributed by atoms with van der Waals surface area (Å²) < 4.78 is 9.99. The molecule has 2 aromatic rings. The summed E-state index contributed by atoms with van der Waals surface area (Å²) in [5, 5.41) is 3.33. The average Bonchev–Trinajstić information content (AvgIpc) is 3.05. The fraction of sp³-hybridized carbons (Fsp3) is 0.350. The zero-order valence-corrected chi connectivity index (χ0v) is 16.6. The standard InChI is InChI=1S/C20H22N2O5S/c1-3-27-19(24)17-14-9-10-22(20(25)26-2)12-15(14)28-18(17)21-16(23)11-13-7-5-4-6-8-13/h4-8H,3,9-12H2,1-2H3,(H,21,23). The molecule has 1 aliphatic heterocycles. The first kappa shape index (κ1) is 19.9. The third kappa shape index (κ3) is 4.33. The molecular weight excluding hydrogens is 380 g/mol. The van der Waals surface area contributed by atoms with Crippen molar-refractivity contribution in [3.05, 3.63) is 51.9 Å². The summed E-state index contributed by atoms with van der Waals surface area (Å²) in [5.41, 5.74) is 2.11. The second-order valence-corrected chi connectivity index (χ2v) is 7.39. The third-order valence-corrected chi connectivity index (χ3v) is 5.56. The van der Waals surface area contributed by atoms with E-state index in [4.69, 9.17) is 9.47 Å². The number of benzene rings is 1. The molecule has 7 nitrogen and oxygen atoms in total. The molecule has 0 unspecified atom stereocenters. The van der Waals surface area contributed by atoms with Gasteiger partial charge in [-0.25, -0.2) is 9.59 Å². The van der Waals surface area contributed by atoms with Gasteiger partial charge in [-0.3, -0.25) is 4.79 Å². The number of hydrogen-bond acceptors (Lipinski definition) is 6. The van der Waals surface area contributed by atoms with Gasteiger partial charge in [-0.05, 0) is 24.5 Å². The predicted octanol–water partition coefficient (Wildman–Crippen LogP) is 3.23. The van der Waals surface area contributed by atoms with Crippen molar-refractivity contribution in [1.29, 1.82) is 0 Å². The molecule has 1 aromatic carbocycles. The smallest absolute Gasteiger partial charge is 0.409 e. The molecule has 28 heavy (non-hydrogen) atoms. The van der Waals surface area contributed by atoms with Gasteiger partial charge in [0.05, 0.1) is 32.2 Å². The lowest BCUT2D eigenvalue weighted by Crippen LogP contribution is -2.35. The van der Waals surface area contributed by atoms with Gasteiger partial charge >= 0.3 is 12.1 Å². The summed E-state index contributed by atoms with van der Waals surface area (Å²) in [4.78, 5) is 39.3. The van der Waals surface area contributed by atoms with Gasteiger partial charge in [0.25, 0.3) is 0 Å². The van der Waals surface area contributed by atoms with Gasteiger partial charge in [0.1, 0.15) is 5.00 Å². The molecule has 1 aromatic heterocycles. The Labute approximate surface area is 167 Å². The number of thiophene rings is 1. The van der Waals surface area contributed by atoms with Crippen molar-refractivity contribution in [3.63, 3.8) is 0 Å². The van der Waals surface area contributed by atoms with Crippen LogP contribution in [0.2, 0.25) is 0 Å². The Morgan fingerprint density at radius 2 is 1.96 bits per heavy atom. The zero-order valence-electron chi connectivity index (χ0n) is 15.8. The molecule has 2 amide bonds. The molecule has 0 bridgehead atoms. The van der Waals surface area contributed by atoms with Crippen molar-refractivity contribution in [1.82, 2.24) is 4.90 Å². The molecule has 0 fully saturated rings. The summed E-state index contributed by atoms with van der Waals surface area (Å²) in [6, 6.07) is 9.38. The van der Waals surface area contributed by atoms with Crippen molar-refractivity contribution in [2.45, 2.75) is 26.3 Å². The van der Waals surface area contributed by atoms with E-state index in [-0.39, 0.29) is 18.9 Å². The van der Waals surface area contributed by atoms with E-state index in [1.54, 1.807) is 11.8 Å². The summed E-state index contributed by atoms with van der Waals surface area (Å²) in [6.07, 6.45) is 0.301. The highest BCUT2D eigenvalue weighted by molar-refractivity contribution is 7.17. The van der Waals surface area contributed by atoms with E-state index in [0.717, 1.165) is 16.0 Å². The van der Waals surface area contributed by atoms with E-state index < -0.39 is 12.1 Å². The van der Waals surface area contributed by atoms with E-state index in [1.165, 1.54) is 18.4 Å². The largest absolute Gasteiger partial charge is 0.462 e. The van der Waals surface area contributed by atoms with E-state index in [0.29, 0.717) is 30.1 Å². The van der Waals surface area contributed by atoms with Crippen LogP contribution in [0.3, 0.4) is 0 Å². The van der Waals surface area contributed by atoms with Gasteiger partial charge in [0, 0.05) is 11.4 Å². The second-order valence-electron chi connectivity index (χ2n) is 6.28. The number of fused-ring (bicyclic) bond motifs is 1. The van der Waals surface area contributed by atoms with E-state index in [2.05, 4.69) is 5.32 Å². The van der Waals surface area contributed by atoms with Crippen molar-refractivity contribution < 1.29 is 23.9 Å². The van der Waals surface area contributed by atoms with Crippen LogP contribution in [-0.2, 0) is 33.7 Å². The molecule has 0 atom stereocenters. The molecule has 0 radical (unpaired) electrons. The van der Waals surface area contributed by atoms with Gasteiger partial charge in [-0.1, -0.05) is 30.3 Å². The Hall–Kier alpha value is -2.87. The normalized spacial score (nSPS) is 12.9. The Bertz CT molecular complexity index is 878. The number of carbonyl (C=O) groups is 3. The molecule has 1 aliphatic rings. The lowest BCUT2D eigenvalue weighted by atomic mass is 10.0. The van der Waals surface area contributed by atoms with Gasteiger partial charge in [-0.2, -0.15) is 0 Å². The molecule has 2 heterocycles. The topological polar surface area (TPSA) is 84.9 Å². The number of ether oxygens (including phenoxy) is 2. The van der Waals surface area contributed by atoms with Crippen LogP contribution in [0.5, 0.6) is 0 Å². The van der Waals surface area contributed by atoms with Crippen LogP contribution in [0.4, 0.5) is 9.80 Å². The number of esters is 1. The molecule has 0 saturated heterocycles. The molecule has 148 valence electrons. The number of hydrogen-bond donors (Lipinski definition) is 1. The van der Waals surface area contributed by atoms with Crippen LogP contribution in [-0.4, -0.2) is 43.1 Å². The molecule has 1 N–H and O–H groups in total. The Balaban J connectivity index is 1.85. The van der Waals surface area contributed by atoms with Crippen LogP contribution in [0.25, 0.3) is 0 Å². The highest BCUT2D eigenvalue weighted by Gasteiger charge is 2.31. The molecular formula is C20H22N2O5S. The highest BCUT2D eigenvalue weighted by atomic mass is 32.1. The number of carbonyl (C=O) groups excluding carboxylic acids is 3. The third-order valence-electron chi connectivity index (χ3n) is 4.43. The molecule has 3 rings (SSSR count). The maximum absolute atomic E-state index is 12.5. The Kier molecular flexibility index (Phi) is 6.30. The zero-order chi connectivity index (χ0) is 20.1. The van der Waals surface area contributed by atoms with Crippen molar-refractivity contribution in [2.24, 2.45) is 0 Å². The molecule has 0 spiro atoms. The summed E-state index contributed by atoms with van der Waals surface area (Å²) in [6.45, 7) is 2.77. The van der Waals surface area contributed by atoms with Crippen LogP contribution in [0.1, 0.15) is 33.3 Å². The summed E-state index contributed by atoms with van der Waals surface area (Å²) in [7, 11) is 1.34. The number of methoxy groups -OCH3 is 1. The molecule has 8 heteroatoms. The minimum atomic E-state index is -0.457. The number of nitrogens with zero attached hydrogens (tertiary/aromatic N) is 1. The Morgan fingerprint density at radius 3 is 2.64 bits per heavy atom. The number of rotatable bonds is 5. The van der Waals surface area contributed by atoms with Gasteiger partial charge in [0.2, 0.25) is 5.91 Å². The summed E-state index contributed by atoms with van der Waals surface area (Å²) >= 11 is 1.30. The quantitative estimate of drug-likeness (QED) is 0.776. The monoisotopic (exact) mass is 402 g/mol. The van der Waals surface area contributed by atoms with Crippen molar-refractivity contribution >= 4 is 34.3 Å². The van der Waals surface area contributed by atoms with E-state index in [9.17, 15) is 14.4 Å². The summed E-state index contributed by atoms with van der Waals surface area (Å²) in [5.74, 6) is -0.665. The predicted molar refractivity (Wildman–Crippen MR) is 106 cm³/mol. The van der Waals surface area contributed by atoms with Crippen molar-refractivity contribution in [3.8, 4) is 0 Å². The fourth-order valence-electron chi connectivity index (χ4n) is 3.15. The van der Waals surface area contributed by atoms with Crippen LogP contribution in [0, 0.1) is 0 Å². The first-order valence-electron chi connectivity index (χ1n) is 9.01. The molecule has 0 saturated carbocycles. The van der Waals surface area contributed by atoms with Gasteiger partial charge in [0.15, 0.2) is 0 Å². The lowest BCUT2D eigenvalue weighted by Gasteiger charge is -2.25. The van der Waals surface area contributed by atoms with E-state index in [1.807, 2.05) is 30.3 Å². The maximum Gasteiger partial charge on any atom is 0.409 e.